The van der Waals surface area contributed by atoms with Gasteiger partial charge in [0.05, 0.1) is 14.2 Å². The number of ether oxygens (including phenoxy) is 2. The topological polar surface area (TPSA) is 85.7 Å². The molecular weight excluding hydrogens is 384 g/mol. The van der Waals surface area contributed by atoms with Gasteiger partial charge >= 0.3 is 0 Å². The number of carbonyl (C=O) groups is 2. The Morgan fingerprint density at radius 3 is 2.87 bits per heavy atom. The molecule has 1 atom stereocenters. The summed E-state index contributed by atoms with van der Waals surface area (Å²) in [6.07, 6.45) is 6.71. The van der Waals surface area contributed by atoms with Crippen LogP contribution in [0.5, 0.6) is 11.5 Å². The maximum Gasteiger partial charge on any atom is 0.244 e. The van der Waals surface area contributed by atoms with Crippen LogP contribution in [-0.4, -0.2) is 53.8 Å². The second kappa shape index (κ2) is 10.7. The van der Waals surface area contributed by atoms with Crippen LogP contribution in [0, 0.1) is 5.92 Å². The molecule has 0 aliphatic carbocycles. The van der Waals surface area contributed by atoms with Crippen LogP contribution in [0.2, 0.25) is 0 Å². The Morgan fingerprint density at radius 2 is 2.13 bits per heavy atom. The average molecular weight is 415 g/mol. The number of aromatic nitrogens is 2. The highest BCUT2D eigenvalue weighted by Crippen LogP contribution is 2.25. The van der Waals surface area contributed by atoms with E-state index < -0.39 is 0 Å². The van der Waals surface area contributed by atoms with Gasteiger partial charge in [-0.05, 0) is 43.4 Å². The number of hydrogen-bond donors (Lipinski definition) is 1. The van der Waals surface area contributed by atoms with Gasteiger partial charge in [-0.1, -0.05) is 0 Å². The average Bonchev–Trinajstić information content (AvgIpc) is 3.29. The largest absolute Gasteiger partial charge is 0.497 e. The summed E-state index contributed by atoms with van der Waals surface area (Å²) >= 11 is 0. The third-order valence-corrected chi connectivity index (χ3v) is 5.48. The van der Waals surface area contributed by atoms with Crippen molar-refractivity contribution in [3.63, 3.8) is 0 Å². The highest BCUT2D eigenvalue weighted by atomic mass is 16.5. The number of rotatable bonds is 9. The van der Waals surface area contributed by atoms with Crippen LogP contribution in [0.15, 0.2) is 36.7 Å². The van der Waals surface area contributed by atoms with Gasteiger partial charge in [0, 0.05) is 50.1 Å². The summed E-state index contributed by atoms with van der Waals surface area (Å²) in [6.45, 7) is 2.16. The molecule has 1 saturated heterocycles. The minimum atomic E-state index is 0.00728. The zero-order valence-electron chi connectivity index (χ0n) is 17.7. The van der Waals surface area contributed by atoms with Crippen molar-refractivity contribution < 1.29 is 19.1 Å². The van der Waals surface area contributed by atoms with Crippen LogP contribution in [0.3, 0.4) is 0 Å². The zero-order chi connectivity index (χ0) is 21.3. The Bertz CT molecular complexity index is 838. The first-order valence-electron chi connectivity index (χ1n) is 10.3. The summed E-state index contributed by atoms with van der Waals surface area (Å²) in [5, 5.41) is 7.06. The quantitative estimate of drug-likeness (QED) is 0.680. The molecular formula is C22H30N4O4. The molecule has 1 fully saturated rings. The van der Waals surface area contributed by atoms with E-state index in [4.69, 9.17) is 9.47 Å². The van der Waals surface area contributed by atoms with Crippen LogP contribution in [-0.2, 0) is 22.7 Å². The fraction of sp³-hybridized carbons (Fsp3) is 0.500. The first-order chi connectivity index (χ1) is 14.6. The minimum absolute atomic E-state index is 0.00728. The maximum atomic E-state index is 12.5. The number of nitrogens with zero attached hydrogens (tertiary/aromatic N) is 3. The van der Waals surface area contributed by atoms with E-state index in [1.54, 1.807) is 37.4 Å². The second-order valence-electron chi connectivity index (χ2n) is 7.54. The Hall–Kier alpha value is -3.03. The standard InChI is InChI=1S/C22H30N4O4/c1-29-19-8-7-18(20(13-19)30-2)14-23-21(27)9-6-17-5-3-11-25(15-17)22(28)16-26-12-4-10-24-26/h4,7-8,10,12-13,17H,3,5-6,9,11,14-16H2,1-2H3,(H,23,27)/t17-/m0/s1. The molecule has 30 heavy (non-hydrogen) atoms. The van der Waals surface area contributed by atoms with E-state index in [-0.39, 0.29) is 18.4 Å². The van der Waals surface area contributed by atoms with Crippen molar-refractivity contribution in [1.82, 2.24) is 20.0 Å². The number of benzene rings is 1. The molecule has 2 heterocycles. The van der Waals surface area contributed by atoms with Gasteiger partial charge in [-0.15, -0.1) is 0 Å². The van der Waals surface area contributed by atoms with Crippen molar-refractivity contribution in [3.05, 3.63) is 42.2 Å². The van der Waals surface area contributed by atoms with Crippen LogP contribution in [0.4, 0.5) is 0 Å². The molecule has 0 spiro atoms. The molecule has 162 valence electrons. The van der Waals surface area contributed by atoms with E-state index in [1.165, 1.54) is 0 Å². The third kappa shape index (κ3) is 5.98. The Labute approximate surface area is 177 Å². The Balaban J connectivity index is 1.42. The summed E-state index contributed by atoms with van der Waals surface area (Å²) in [7, 11) is 3.20. The van der Waals surface area contributed by atoms with Crippen molar-refractivity contribution >= 4 is 11.8 Å². The first kappa shape index (κ1) is 21.7. The molecule has 8 nitrogen and oxygen atoms in total. The van der Waals surface area contributed by atoms with E-state index >= 15 is 0 Å². The van der Waals surface area contributed by atoms with Gasteiger partial charge in [0.1, 0.15) is 18.0 Å². The van der Waals surface area contributed by atoms with Crippen molar-refractivity contribution in [3.8, 4) is 11.5 Å². The van der Waals surface area contributed by atoms with Gasteiger partial charge in [-0.2, -0.15) is 5.10 Å². The lowest BCUT2D eigenvalue weighted by Gasteiger charge is -2.32. The SMILES string of the molecule is COc1ccc(CNC(=O)CC[C@@H]2CCCN(C(=O)Cn3cccn3)C2)c(OC)c1. The fourth-order valence-corrected chi connectivity index (χ4v) is 3.78. The molecule has 0 unspecified atom stereocenters. The first-order valence-corrected chi connectivity index (χ1v) is 10.3. The highest BCUT2D eigenvalue weighted by molar-refractivity contribution is 5.76. The molecule has 8 heteroatoms. The van der Waals surface area contributed by atoms with E-state index in [9.17, 15) is 9.59 Å². The molecule has 1 N–H and O–H groups in total. The Morgan fingerprint density at radius 1 is 1.27 bits per heavy atom. The number of nitrogens with one attached hydrogen (secondary N) is 1. The van der Waals surface area contributed by atoms with Gasteiger partial charge in [-0.3, -0.25) is 14.3 Å². The van der Waals surface area contributed by atoms with Crippen molar-refractivity contribution in [2.75, 3.05) is 27.3 Å². The third-order valence-electron chi connectivity index (χ3n) is 5.48. The van der Waals surface area contributed by atoms with Gasteiger partial charge in [0.15, 0.2) is 0 Å². The molecule has 0 saturated carbocycles. The summed E-state index contributed by atoms with van der Waals surface area (Å²) < 4.78 is 12.2. The predicted octanol–water partition coefficient (Wildman–Crippen LogP) is 2.24. The van der Waals surface area contributed by atoms with Crippen LogP contribution < -0.4 is 14.8 Å². The molecule has 1 aromatic heterocycles. The van der Waals surface area contributed by atoms with E-state index in [0.29, 0.717) is 36.9 Å². The van der Waals surface area contributed by atoms with Gasteiger partial charge < -0.3 is 19.7 Å². The molecule has 2 amide bonds. The van der Waals surface area contributed by atoms with Gasteiger partial charge in [-0.25, -0.2) is 0 Å². The van der Waals surface area contributed by atoms with Gasteiger partial charge in [0.2, 0.25) is 11.8 Å². The summed E-state index contributed by atoms with van der Waals surface area (Å²) in [4.78, 5) is 26.7. The number of hydrogen-bond acceptors (Lipinski definition) is 5. The minimum Gasteiger partial charge on any atom is -0.497 e. The van der Waals surface area contributed by atoms with Crippen molar-refractivity contribution in [2.45, 2.75) is 38.8 Å². The van der Waals surface area contributed by atoms with E-state index in [1.807, 2.05) is 23.1 Å². The maximum absolute atomic E-state index is 12.5. The molecule has 1 aliphatic rings. The second-order valence-corrected chi connectivity index (χ2v) is 7.54. The highest BCUT2D eigenvalue weighted by Gasteiger charge is 2.24. The molecule has 0 bridgehead atoms. The molecule has 1 aromatic carbocycles. The Kier molecular flexibility index (Phi) is 7.70. The van der Waals surface area contributed by atoms with Crippen LogP contribution in [0.1, 0.15) is 31.2 Å². The lowest BCUT2D eigenvalue weighted by molar-refractivity contribution is -0.133. The molecule has 2 aromatic rings. The summed E-state index contributed by atoms with van der Waals surface area (Å²) in [5.41, 5.74) is 0.903. The van der Waals surface area contributed by atoms with Gasteiger partial charge in [0.25, 0.3) is 0 Å². The summed E-state index contributed by atoms with van der Waals surface area (Å²) in [6, 6.07) is 7.36. The molecule has 1 aliphatic heterocycles. The van der Waals surface area contributed by atoms with Crippen LogP contribution in [0.25, 0.3) is 0 Å². The van der Waals surface area contributed by atoms with E-state index in [2.05, 4.69) is 10.4 Å². The van der Waals surface area contributed by atoms with Crippen LogP contribution >= 0.6 is 0 Å². The fourth-order valence-electron chi connectivity index (χ4n) is 3.78. The molecule has 0 radical (unpaired) electrons. The normalized spacial score (nSPS) is 16.2. The molecule has 3 rings (SSSR count). The van der Waals surface area contributed by atoms with Crippen molar-refractivity contribution in [1.29, 1.82) is 0 Å². The monoisotopic (exact) mass is 414 g/mol. The van der Waals surface area contributed by atoms with Crippen molar-refractivity contribution in [2.24, 2.45) is 5.92 Å². The smallest absolute Gasteiger partial charge is 0.244 e. The lowest BCUT2D eigenvalue weighted by Crippen LogP contribution is -2.41. The number of amides is 2. The lowest BCUT2D eigenvalue weighted by atomic mass is 9.93. The zero-order valence-corrected chi connectivity index (χ0v) is 17.7. The number of methoxy groups -OCH3 is 2. The number of likely N-dealkylation sites (tertiary alicyclic amines) is 1. The van der Waals surface area contributed by atoms with E-state index in [0.717, 1.165) is 31.4 Å². The summed E-state index contributed by atoms with van der Waals surface area (Å²) in [5.74, 6) is 1.84. The number of piperidine rings is 1. The predicted molar refractivity (Wildman–Crippen MR) is 112 cm³/mol. The number of carbonyl (C=O) groups excluding carboxylic acids is 2.